The minimum Gasteiger partial charge on any atom is -0.452 e. The zero-order chi connectivity index (χ0) is 42.3. The van der Waals surface area contributed by atoms with E-state index < -0.39 is 0 Å². The van der Waals surface area contributed by atoms with Crippen LogP contribution in [0.3, 0.4) is 0 Å². The molecule has 1 aliphatic carbocycles. The van der Waals surface area contributed by atoms with Crippen LogP contribution in [0.25, 0.3) is 22.8 Å². The molecule has 1 aliphatic rings. The quantitative estimate of drug-likeness (QED) is 0.0497. The van der Waals surface area contributed by atoms with Crippen LogP contribution in [0.1, 0.15) is 28.7 Å². The molecule has 4 aromatic carbocycles. The number of fused-ring (bicyclic) bond motifs is 1. The third kappa shape index (κ3) is 9.66. The molecule has 308 valence electrons. The molecule has 61 heavy (non-hydrogen) atoms. The van der Waals surface area contributed by atoms with E-state index in [0.29, 0.717) is 68.5 Å². The largest absolute Gasteiger partial charge is 0.452 e. The predicted molar refractivity (Wildman–Crippen MR) is 241 cm³/mol. The molecule has 4 heterocycles. The molecule has 0 amide bonds. The van der Waals surface area contributed by atoms with Gasteiger partial charge >= 0.3 is 0 Å². The highest BCUT2D eigenvalue weighted by molar-refractivity contribution is 7.98. The Labute approximate surface area is 360 Å². The molecular formula is C43H42N14O2S2. The highest BCUT2D eigenvalue weighted by Crippen LogP contribution is 2.32. The fourth-order valence-electron chi connectivity index (χ4n) is 6.46. The van der Waals surface area contributed by atoms with Crippen LogP contribution in [0.15, 0.2) is 108 Å². The van der Waals surface area contributed by atoms with Crippen LogP contribution in [0, 0.1) is 13.8 Å². The van der Waals surface area contributed by atoms with Crippen LogP contribution in [0.2, 0.25) is 0 Å². The highest BCUT2D eigenvalue weighted by Gasteiger charge is 2.16. The van der Waals surface area contributed by atoms with Crippen LogP contribution in [0.4, 0.5) is 34.9 Å². The van der Waals surface area contributed by atoms with Gasteiger partial charge in [-0.2, -0.15) is 9.97 Å². The number of aryl methyl sites for hydroxylation is 2. The van der Waals surface area contributed by atoms with Gasteiger partial charge in [-0.25, -0.2) is 19.9 Å². The number of rotatable bonds is 12. The number of nitrogens with one attached hydrogen (secondary N) is 4. The number of benzene rings is 4. The predicted octanol–water partition coefficient (Wildman–Crippen LogP) is 9.31. The minimum absolute atomic E-state index is 0.302. The molecule has 0 radical (unpaired) electrons. The van der Waals surface area contributed by atoms with Crippen LogP contribution in [0.5, 0.6) is 23.0 Å². The summed E-state index contributed by atoms with van der Waals surface area (Å²) >= 11 is 2.85. The Morgan fingerprint density at radius 2 is 1.11 bits per heavy atom. The number of H-pyrrole nitrogens is 2. The molecule has 8 aromatic rings. The number of hydrogen-bond acceptors (Lipinski definition) is 16. The molecule has 18 heteroatoms. The lowest BCUT2D eigenvalue weighted by molar-refractivity contribution is 0.478. The van der Waals surface area contributed by atoms with Crippen molar-refractivity contribution in [2.24, 2.45) is 0 Å². The van der Waals surface area contributed by atoms with Gasteiger partial charge in [0.05, 0.1) is 12.4 Å². The van der Waals surface area contributed by atoms with Crippen molar-refractivity contribution >= 4 is 58.4 Å². The number of anilines is 6. The van der Waals surface area contributed by atoms with Gasteiger partial charge < -0.3 is 31.6 Å². The highest BCUT2D eigenvalue weighted by atomic mass is 32.2. The van der Waals surface area contributed by atoms with Crippen molar-refractivity contribution in [3.63, 3.8) is 0 Å². The SMILES string of the molecule is CSc1ncc(Oc2ccc(-c3nc(Nc4cccc(C)c4C)n[nH]3)cc2)c(N)n1.CSc1ncc(Oc2ccc(-c3nc(Nc4cccc5c4CCC5)n[nH]3)cc2)c(N)n1. The topological polar surface area (TPSA) is 229 Å². The zero-order valence-electron chi connectivity index (χ0n) is 33.7. The van der Waals surface area contributed by atoms with Gasteiger partial charge in [0.1, 0.15) is 11.5 Å². The Hall–Kier alpha value is -7.18. The summed E-state index contributed by atoms with van der Waals surface area (Å²) < 4.78 is 11.6. The molecule has 4 aromatic heterocycles. The van der Waals surface area contributed by atoms with Crippen molar-refractivity contribution in [3.05, 3.63) is 120 Å². The Morgan fingerprint density at radius 3 is 1.64 bits per heavy atom. The molecule has 16 nitrogen and oxygen atoms in total. The fourth-order valence-corrected chi connectivity index (χ4v) is 7.16. The molecule has 8 N–H and O–H groups in total. The summed E-state index contributed by atoms with van der Waals surface area (Å²) in [6.45, 7) is 4.14. The lowest BCUT2D eigenvalue weighted by Crippen LogP contribution is -1.98. The summed E-state index contributed by atoms with van der Waals surface area (Å²) in [6, 6.07) is 27.4. The van der Waals surface area contributed by atoms with Gasteiger partial charge in [-0.1, -0.05) is 47.8 Å². The Kier molecular flexibility index (Phi) is 12.2. The summed E-state index contributed by atoms with van der Waals surface area (Å²) in [6.07, 6.45) is 10.4. The number of nitrogen functional groups attached to an aromatic ring is 2. The Balaban J connectivity index is 0.000000169. The maximum absolute atomic E-state index is 5.95. The van der Waals surface area contributed by atoms with E-state index in [2.05, 4.69) is 99.0 Å². The number of aromatic amines is 2. The normalized spacial score (nSPS) is 11.7. The first kappa shape index (κ1) is 40.6. The number of aromatic nitrogens is 10. The van der Waals surface area contributed by atoms with Crippen molar-refractivity contribution in [1.82, 2.24) is 50.3 Å². The van der Waals surface area contributed by atoms with E-state index in [1.165, 1.54) is 52.2 Å². The zero-order valence-corrected chi connectivity index (χ0v) is 35.4. The van der Waals surface area contributed by atoms with Gasteiger partial charge in [0.25, 0.3) is 0 Å². The van der Waals surface area contributed by atoms with Crippen LogP contribution in [-0.4, -0.2) is 62.8 Å². The lowest BCUT2D eigenvalue weighted by Gasteiger charge is -2.08. The molecule has 0 fully saturated rings. The third-order valence-electron chi connectivity index (χ3n) is 9.81. The molecular weight excluding hydrogens is 809 g/mol. The van der Waals surface area contributed by atoms with E-state index in [4.69, 9.17) is 20.9 Å². The second kappa shape index (κ2) is 18.4. The van der Waals surface area contributed by atoms with Gasteiger partial charge in [0, 0.05) is 22.5 Å². The summed E-state index contributed by atoms with van der Waals surface area (Å²) in [5, 5.41) is 22.3. The summed E-state index contributed by atoms with van der Waals surface area (Å²) in [4.78, 5) is 25.9. The number of ether oxygens (including phenoxy) is 2. The molecule has 0 spiro atoms. The number of hydrogen-bond donors (Lipinski definition) is 6. The fraction of sp³-hybridized carbons (Fsp3) is 0.163. The van der Waals surface area contributed by atoms with E-state index >= 15 is 0 Å². The van der Waals surface area contributed by atoms with E-state index in [1.54, 1.807) is 12.4 Å². The van der Waals surface area contributed by atoms with E-state index in [0.717, 1.165) is 35.3 Å². The molecule has 0 aliphatic heterocycles. The average Bonchev–Trinajstić information content (AvgIpc) is 4.07. The second-order valence-electron chi connectivity index (χ2n) is 13.8. The first-order valence-corrected chi connectivity index (χ1v) is 21.6. The summed E-state index contributed by atoms with van der Waals surface area (Å²) in [5.41, 5.74) is 20.9. The third-order valence-corrected chi connectivity index (χ3v) is 10.9. The lowest BCUT2D eigenvalue weighted by atomic mass is 10.1. The molecule has 0 saturated carbocycles. The van der Waals surface area contributed by atoms with E-state index in [9.17, 15) is 0 Å². The van der Waals surface area contributed by atoms with E-state index in [-0.39, 0.29) is 0 Å². The smallest absolute Gasteiger partial charge is 0.246 e. The van der Waals surface area contributed by atoms with Crippen molar-refractivity contribution in [2.75, 3.05) is 34.6 Å². The molecule has 0 saturated heterocycles. The van der Waals surface area contributed by atoms with Crippen molar-refractivity contribution in [1.29, 1.82) is 0 Å². The molecule has 0 bridgehead atoms. The Bertz CT molecular complexity index is 2780. The van der Waals surface area contributed by atoms with Gasteiger partial charge in [-0.05, 0) is 129 Å². The number of nitrogens with two attached hydrogens (primary N) is 2. The Morgan fingerprint density at radius 1 is 0.607 bits per heavy atom. The minimum atomic E-state index is 0.302. The van der Waals surface area contributed by atoms with Crippen LogP contribution in [-0.2, 0) is 12.8 Å². The first-order chi connectivity index (χ1) is 29.7. The maximum Gasteiger partial charge on any atom is 0.246 e. The summed E-state index contributed by atoms with van der Waals surface area (Å²) in [5.74, 6) is 5.10. The van der Waals surface area contributed by atoms with Crippen molar-refractivity contribution in [2.45, 2.75) is 43.4 Å². The molecule has 0 unspecified atom stereocenters. The monoisotopic (exact) mass is 850 g/mol. The van der Waals surface area contributed by atoms with Gasteiger partial charge in [0.2, 0.25) is 11.9 Å². The number of thioether (sulfide) groups is 2. The van der Waals surface area contributed by atoms with E-state index in [1.807, 2.05) is 73.2 Å². The molecule has 0 atom stereocenters. The van der Waals surface area contributed by atoms with Gasteiger partial charge in [0.15, 0.2) is 45.1 Å². The first-order valence-electron chi connectivity index (χ1n) is 19.2. The van der Waals surface area contributed by atoms with Gasteiger partial charge in [-0.3, -0.25) is 10.2 Å². The number of nitrogens with zero attached hydrogens (tertiary/aromatic N) is 8. The van der Waals surface area contributed by atoms with Crippen molar-refractivity contribution in [3.8, 4) is 45.8 Å². The van der Waals surface area contributed by atoms with Crippen LogP contribution < -0.4 is 31.6 Å². The standard InChI is InChI=1S/C22H21N7OS.C21H21N7OS/c1-31-22-24-12-18(19(23)26-22)30-15-10-8-14(9-11-15)20-27-21(29-28-20)25-17-7-3-5-13-4-2-6-16(13)17;1-12-5-4-6-16(13(12)2)24-20-26-19(27-28-20)14-7-9-15(10-8-14)29-17-11-23-21(30-3)25-18(17)22/h3,5,7-12H,2,4,6H2,1H3,(H2,23,24,26)(H2,25,27,28,29);4-11H,1-3H3,(H2,22,23,25)(H2,24,26,27,28). The molecule has 9 rings (SSSR count). The summed E-state index contributed by atoms with van der Waals surface area (Å²) in [7, 11) is 0. The maximum atomic E-state index is 5.95. The van der Waals surface area contributed by atoms with Gasteiger partial charge in [-0.15, -0.1) is 10.2 Å². The van der Waals surface area contributed by atoms with Crippen LogP contribution >= 0.6 is 23.5 Å². The van der Waals surface area contributed by atoms with Crippen molar-refractivity contribution < 1.29 is 9.47 Å². The second-order valence-corrected chi connectivity index (χ2v) is 15.3. The average molecular weight is 851 g/mol.